The average molecular weight is 383 g/mol. The van der Waals surface area contributed by atoms with Crippen molar-refractivity contribution in [2.24, 2.45) is 5.92 Å². The number of carbonyl (C=O) groups is 2. The molecule has 0 fully saturated rings. The Balaban J connectivity index is 1.52. The Morgan fingerprint density at radius 2 is 1.61 bits per heavy atom. The third-order valence-corrected chi connectivity index (χ3v) is 5.29. The van der Waals surface area contributed by atoms with Gasteiger partial charge in [-0.05, 0) is 12.3 Å². The predicted molar refractivity (Wildman–Crippen MR) is 99.5 cm³/mol. The standard InChI is InChI=1S/C21H21NO6/c1-11(2)18(17(23)12-6-4-3-5-7-12)27-21(26)28-22-19(24)15-13-8-9-14(10-13)16(15)20(22)25/h3-9,11,13-14,18,24-25H,10H2,1-2H3/t13?,14?,18-/m0/s1. The summed E-state index contributed by atoms with van der Waals surface area (Å²) >= 11 is 0. The number of allylic oxidation sites excluding steroid dienone is 2. The topological polar surface area (TPSA) is 98.0 Å². The Hall–Kier alpha value is -3.22. The van der Waals surface area contributed by atoms with Gasteiger partial charge in [-0.2, -0.15) is 0 Å². The van der Waals surface area contributed by atoms with Crippen molar-refractivity contribution >= 4 is 11.9 Å². The first-order valence-corrected chi connectivity index (χ1v) is 9.21. The summed E-state index contributed by atoms with van der Waals surface area (Å²) in [6, 6.07) is 8.52. The molecule has 0 amide bonds. The maximum absolute atomic E-state index is 12.7. The van der Waals surface area contributed by atoms with Gasteiger partial charge in [-0.15, -0.1) is 4.73 Å². The zero-order chi connectivity index (χ0) is 20.0. The molecule has 7 nitrogen and oxygen atoms in total. The van der Waals surface area contributed by atoms with Crippen molar-refractivity contribution in [2.45, 2.75) is 38.2 Å². The second kappa shape index (κ2) is 6.74. The second-order valence-electron chi connectivity index (χ2n) is 7.46. The van der Waals surface area contributed by atoms with E-state index in [0.717, 1.165) is 6.42 Å². The van der Waals surface area contributed by atoms with E-state index in [4.69, 9.17) is 9.57 Å². The van der Waals surface area contributed by atoms with E-state index in [9.17, 15) is 19.8 Å². The van der Waals surface area contributed by atoms with E-state index in [2.05, 4.69) is 0 Å². The molecule has 2 aliphatic carbocycles. The number of benzene rings is 1. The van der Waals surface area contributed by atoms with Crippen molar-refractivity contribution in [2.75, 3.05) is 0 Å². The Bertz CT molecular complexity index is 924. The Kier molecular flexibility index (Phi) is 4.37. The van der Waals surface area contributed by atoms with Gasteiger partial charge in [0.05, 0.1) is 0 Å². The van der Waals surface area contributed by atoms with E-state index < -0.39 is 12.3 Å². The van der Waals surface area contributed by atoms with Crippen LogP contribution >= 0.6 is 0 Å². The molecule has 28 heavy (non-hydrogen) atoms. The Morgan fingerprint density at radius 3 is 2.14 bits per heavy atom. The van der Waals surface area contributed by atoms with Gasteiger partial charge in [-0.1, -0.05) is 56.3 Å². The van der Waals surface area contributed by atoms with Gasteiger partial charge in [-0.25, -0.2) is 4.79 Å². The maximum Gasteiger partial charge on any atom is 0.534 e. The summed E-state index contributed by atoms with van der Waals surface area (Å²) in [5, 5.41) is 20.8. The van der Waals surface area contributed by atoms with Crippen LogP contribution in [0.5, 0.6) is 11.8 Å². The van der Waals surface area contributed by atoms with Crippen LogP contribution in [0.3, 0.4) is 0 Å². The average Bonchev–Trinajstić information content (AvgIpc) is 3.36. The summed E-state index contributed by atoms with van der Waals surface area (Å²) in [4.78, 5) is 30.0. The van der Waals surface area contributed by atoms with Crippen LogP contribution in [0.15, 0.2) is 42.5 Å². The third kappa shape index (κ3) is 2.83. The number of ketones is 1. The number of Topliss-reactive ketones (excluding diaryl/α,β-unsaturated/α-hetero) is 1. The lowest BCUT2D eigenvalue weighted by atomic mass is 9.98. The van der Waals surface area contributed by atoms with Crippen molar-refractivity contribution in [1.29, 1.82) is 0 Å². The molecule has 0 spiro atoms. The van der Waals surface area contributed by atoms with Crippen molar-refractivity contribution in [3.63, 3.8) is 0 Å². The fourth-order valence-electron chi connectivity index (χ4n) is 3.96. The molecule has 0 aliphatic heterocycles. The highest BCUT2D eigenvalue weighted by Crippen LogP contribution is 2.56. The largest absolute Gasteiger partial charge is 0.534 e. The molecule has 0 radical (unpaired) electrons. The molecule has 2 aliphatic rings. The number of hydrogen-bond donors (Lipinski definition) is 2. The number of nitrogens with zero attached hydrogens (tertiary/aromatic N) is 1. The van der Waals surface area contributed by atoms with Crippen molar-refractivity contribution in [3.05, 3.63) is 59.2 Å². The molecule has 4 rings (SSSR count). The minimum atomic E-state index is -1.18. The SMILES string of the molecule is CC(C)[C@H](OC(=O)On1c(O)c2c(c1O)C1C=CC2C1)C(=O)c1ccccc1. The predicted octanol–water partition coefficient (Wildman–Crippen LogP) is 3.51. The van der Waals surface area contributed by atoms with Crippen LogP contribution in [0.4, 0.5) is 4.79 Å². The van der Waals surface area contributed by atoms with Crippen LogP contribution in [0, 0.1) is 5.92 Å². The number of hydrogen-bond acceptors (Lipinski definition) is 6. The highest BCUT2D eigenvalue weighted by atomic mass is 16.8. The normalized spacial score (nSPS) is 20.2. The highest BCUT2D eigenvalue weighted by Gasteiger charge is 2.42. The van der Waals surface area contributed by atoms with E-state index in [1.807, 2.05) is 12.2 Å². The van der Waals surface area contributed by atoms with Gasteiger partial charge in [0.25, 0.3) is 0 Å². The molecule has 2 bridgehead atoms. The summed E-state index contributed by atoms with van der Waals surface area (Å²) in [6.45, 7) is 3.50. The Labute approximate surface area is 161 Å². The first-order chi connectivity index (χ1) is 13.4. The molecular formula is C21H21NO6. The molecule has 1 aromatic carbocycles. The maximum atomic E-state index is 12.7. The van der Waals surface area contributed by atoms with Crippen molar-refractivity contribution in [3.8, 4) is 11.8 Å². The lowest BCUT2D eigenvalue weighted by Crippen LogP contribution is -2.35. The molecule has 146 valence electrons. The van der Waals surface area contributed by atoms with Crippen molar-refractivity contribution in [1.82, 2.24) is 4.73 Å². The van der Waals surface area contributed by atoms with E-state index in [-0.39, 0.29) is 35.3 Å². The number of aromatic hydroxyl groups is 2. The minimum Gasteiger partial charge on any atom is -0.492 e. The summed E-state index contributed by atoms with van der Waals surface area (Å²) in [5.74, 6) is -1.30. The van der Waals surface area contributed by atoms with Gasteiger partial charge in [-0.3, -0.25) is 9.63 Å². The number of rotatable bonds is 5. The van der Waals surface area contributed by atoms with E-state index in [0.29, 0.717) is 21.4 Å². The monoisotopic (exact) mass is 383 g/mol. The molecular weight excluding hydrogens is 362 g/mol. The van der Waals surface area contributed by atoms with Gasteiger partial charge in [0.1, 0.15) is 0 Å². The molecule has 0 saturated heterocycles. The number of carbonyl (C=O) groups excluding carboxylic acids is 2. The lowest BCUT2D eigenvalue weighted by molar-refractivity contribution is 0.000127. The minimum absolute atomic E-state index is 0.00478. The molecule has 2 aromatic rings. The summed E-state index contributed by atoms with van der Waals surface area (Å²) < 4.78 is 5.91. The molecule has 3 atom stereocenters. The van der Waals surface area contributed by atoms with E-state index >= 15 is 0 Å². The lowest BCUT2D eigenvalue weighted by Gasteiger charge is -2.20. The van der Waals surface area contributed by atoms with E-state index in [1.165, 1.54) is 0 Å². The van der Waals surface area contributed by atoms with Gasteiger partial charge in [0.2, 0.25) is 17.5 Å². The molecule has 2 unspecified atom stereocenters. The van der Waals surface area contributed by atoms with Gasteiger partial charge in [0, 0.05) is 28.5 Å². The quantitative estimate of drug-likeness (QED) is 0.466. The molecule has 7 heteroatoms. The second-order valence-corrected chi connectivity index (χ2v) is 7.46. The zero-order valence-corrected chi connectivity index (χ0v) is 15.5. The van der Waals surface area contributed by atoms with E-state index in [1.54, 1.807) is 44.2 Å². The fourth-order valence-corrected chi connectivity index (χ4v) is 3.96. The van der Waals surface area contributed by atoms with Crippen LogP contribution in [0.25, 0.3) is 0 Å². The number of fused-ring (bicyclic) bond motifs is 5. The Morgan fingerprint density at radius 1 is 1.04 bits per heavy atom. The highest BCUT2D eigenvalue weighted by molar-refractivity contribution is 6.00. The molecule has 1 aromatic heterocycles. The van der Waals surface area contributed by atoms with Crippen LogP contribution in [0.1, 0.15) is 53.6 Å². The first-order valence-electron chi connectivity index (χ1n) is 9.21. The zero-order valence-electron chi connectivity index (χ0n) is 15.5. The van der Waals surface area contributed by atoms with Gasteiger partial charge >= 0.3 is 6.16 Å². The van der Waals surface area contributed by atoms with Crippen LogP contribution in [-0.4, -0.2) is 33.0 Å². The first kappa shape index (κ1) is 18.2. The number of aromatic nitrogens is 1. The van der Waals surface area contributed by atoms with Crippen molar-refractivity contribution < 1.29 is 29.4 Å². The molecule has 0 saturated carbocycles. The summed E-state index contributed by atoms with van der Waals surface area (Å²) in [5.41, 5.74) is 1.56. The third-order valence-electron chi connectivity index (χ3n) is 5.29. The summed E-state index contributed by atoms with van der Waals surface area (Å²) in [6.07, 6.45) is 2.48. The van der Waals surface area contributed by atoms with Crippen LogP contribution in [-0.2, 0) is 4.74 Å². The van der Waals surface area contributed by atoms with Crippen LogP contribution < -0.4 is 4.84 Å². The van der Waals surface area contributed by atoms with Gasteiger partial charge in [0.15, 0.2) is 6.10 Å². The smallest absolute Gasteiger partial charge is 0.492 e. The molecule has 2 N–H and O–H groups in total. The summed E-state index contributed by atoms with van der Waals surface area (Å²) in [7, 11) is 0. The molecule has 1 heterocycles. The van der Waals surface area contributed by atoms with Gasteiger partial charge < -0.3 is 14.9 Å². The van der Waals surface area contributed by atoms with Crippen LogP contribution in [0.2, 0.25) is 0 Å². The fraction of sp³-hybridized carbons (Fsp3) is 0.333. The number of ether oxygens (including phenoxy) is 1.